The van der Waals surface area contributed by atoms with Crippen molar-refractivity contribution < 1.29 is 9.21 Å². The van der Waals surface area contributed by atoms with Crippen LogP contribution >= 0.6 is 11.6 Å². The zero-order valence-corrected chi connectivity index (χ0v) is 14.4. The maximum atomic E-state index is 12.7. The summed E-state index contributed by atoms with van der Waals surface area (Å²) in [5.41, 5.74) is 2.56. The van der Waals surface area contributed by atoms with Crippen molar-refractivity contribution in [3.05, 3.63) is 70.8 Å². The van der Waals surface area contributed by atoms with Gasteiger partial charge < -0.3 is 9.32 Å². The Bertz CT molecular complexity index is 906. The number of aromatic nitrogens is 2. The number of carbonyl (C=O) groups is 1. The molecular formula is C19H16ClN3O2. The van der Waals surface area contributed by atoms with E-state index >= 15 is 0 Å². The standard InChI is InChI=1S/C19H16ClN3O2/c1-23-11-8-15(12-2-4-14(20)5-3-12)16-17(19(23)24)25-18(22-16)13-6-9-21-10-7-13/h2-7,9-10,15H,8,11H2,1H3. The number of nitrogens with zero attached hydrogens (tertiary/aromatic N) is 3. The van der Waals surface area contributed by atoms with Crippen LogP contribution in [0.4, 0.5) is 0 Å². The lowest BCUT2D eigenvalue weighted by Gasteiger charge is -2.15. The molecule has 5 nitrogen and oxygen atoms in total. The van der Waals surface area contributed by atoms with E-state index in [9.17, 15) is 4.79 Å². The molecule has 0 bridgehead atoms. The first kappa shape index (κ1) is 15.8. The fourth-order valence-corrected chi connectivity index (χ4v) is 3.22. The molecule has 1 aromatic carbocycles. The highest BCUT2D eigenvalue weighted by Gasteiger charge is 2.33. The molecule has 1 aliphatic heterocycles. The summed E-state index contributed by atoms with van der Waals surface area (Å²) in [7, 11) is 1.78. The summed E-state index contributed by atoms with van der Waals surface area (Å²) < 4.78 is 5.87. The van der Waals surface area contributed by atoms with Crippen LogP contribution < -0.4 is 0 Å². The fraction of sp³-hybridized carbons (Fsp3) is 0.211. The molecule has 0 N–H and O–H groups in total. The van der Waals surface area contributed by atoms with E-state index in [1.807, 2.05) is 36.4 Å². The molecule has 6 heteroatoms. The van der Waals surface area contributed by atoms with Crippen molar-refractivity contribution in [1.82, 2.24) is 14.9 Å². The minimum absolute atomic E-state index is 0.0134. The Balaban J connectivity index is 1.84. The predicted molar refractivity (Wildman–Crippen MR) is 94.6 cm³/mol. The largest absolute Gasteiger partial charge is 0.431 e. The SMILES string of the molecule is CN1CCC(c2ccc(Cl)cc2)c2nc(-c3ccncc3)oc2C1=O. The maximum Gasteiger partial charge on any atom is 0.291 e. The third-order valence-corrected chi connectivity index (χ3v) is 4.73. The lowest BCUT2D eigenvalue weighted by molar-refractivity contribution is 0.0770. The minimum atomic E-state index is -0.140. The molecule has 25 heavy (non-hydrogen) atoms. The van der Waals surface area contributed by atoms with Gasteiger partial charge in [0.2, 0.25) is 11.7 Å². The highest BCUT2D eigenvalue weighted by atomic mass is 35.5. The molecule has 0 aliphatic carbocycles. The normalized spacial score (nSPS) is 17.3. The molecule has 1 aliphatic rings. The molecule has 1 atom stereocenters. The second-order valence-electron chi connectivity index (χ2n) is 6.09. The van der Waals surface area contributed by atoms with E-state index in [-0.39, 0.29) is 11.8 Å². The van der Waals surface area contributed by atoms with Crippen molar-refractivity contribution >= 4 is 17.5 Å². The maximum absolute atomic E-state index is 12.7. The van der Waals surface area contributed by atoms with Gasteiger partial charge in [0.05, 0.1) is 0 Å². The molecule has 4 rings (SSSR count). The summed E-state index contributed by atoms with van der Waals surface area (Å²) in [6.45, 7) is 0.641. The van der Waals surface area contributed by atoms with Crippen molar-refractivity contribution in [2.24, 2.45) is 0 Å². The molecule has 1 amide bonds. The van der Waals surface area contributed by atoms with E-state index in [0.717, 1.165) is 17.5 Å². The molecule has 2 aromatic heterocycles. The van der Waals surface area contributed by atoms with E-state index in [2.05, 4.69) is 9.97 Å². The van der Waals surface area contributed by atoms with Gasteiger partial charge in [-0.1, -0.05) is 23.7 Å². The van der Waals surface area contributed by atoms with Crippen LogP contribution in [-0.4, -0.2) is 34.4 Å². The van der Waals surface area contributed by atoms with E-state index in [4.69, 9.17) is 16.0 Å². The van der Waals surface area contributed by atoms with Crippen molar-refractivity contribution in [1.29, 1.82) is 0 Å². The summed E-state index contributed by atoms with van der Waals surface area (Å²) in [6, 6.07) is 11.3. The van der Waals surface area contributed by atoms with Gasteiger partial charge in [0.1, 0.15) is 5.69 Å². The summed E-state index contributed by atoms with van der Waals surface area (Å²) >= 11 is 6.01. The summed E-state index contributed by atoms with van der Waals surface area (Å²) in [5, 5.41) is 0.684. The molecular weight excluding hydrogens is 338 g/mol. The molecule has 126 valence electrons. The van der Waals surface area contributed by atoms with Gasteiger partial charge in [0, 0.05) is 42.5 Å². The molecule has 0 saturated carbocycles. The molecule has 1 unspecified atom stereocenters. The van der Waals surface area contributed by atoms with Crippen LogP contribution in [-0.2, 0) is 0 Å². The quantitative estimate of drug-likeness (QED) is 0.698. The predicted octanol–water partition coefficient (Wildman–Crippen LogP) is 4.00. The van der Waals surface area contributed by atoms with Gasteiger partial charge in [-0.3, -0.25) is 9.78 Å². The van der Waals surface area contributed by atoms with Crippen molar-refractivity contribution in [2.45, 2.75) is 12.3 Å². The van der Waals surface area contributed by atoms with Crippen LogP contribution in [0.1, 0.15) is 34.2 Å². The fourth-order valence-electron chi connectivity index (χ4n) is 3.09. The molecule has 0 radical (unpaired) electrons. The molecule has 3 heterocycles. The third-order valence-electron chi connectivity index (χ3n) is 4.48. The molecule has 0 fully saturated rings. The highest BCUT2D eigenvalue weighted by molar-refractivity contribution is 6.30. The Morgan fingerprint density at radius 3 is 2.60 bits per heavy atom. The number of carbonyl (C=O) groups excluding carboxylic acids is 1. The van der Waals surface area contributed by atoms with Crippen molar-refractivity contribution in [2.75, 3.05) is 13.6 Å². The topological polar surface area (TPSA) is 59.2 Å². The lowest BCUT2D eigenvalue weighted by Crippen LogP contribution is -2.26. The molecule has 0 spiro atoms. The summed E-state index contributed by atoms with van der Waals surface area (Å²) in [4.78, 5) is 23.0. The Kier molecular flexibility index (Phi) is 4.01. The van der Waals surface area contributed by atoms with Gasteiger partial charge >= 0.3 is 0 Å². The monoisotopic (exact) mass is 353 g/mol. The number of benzene rings is 1. The first-order chi connectivity index (χ1) is 12.1. The third kappa shape index (κ3) is 2.91. The number of halogens is 1. The van der Waals surface area contributed by atoms with Crippen LogP contribution in [0, 0.1) is 0 Å². The molecule has 3 aromatic rings. The Hall–Kier alpha value is -2.66. The van der Waals surface area contributed by atoms with Gasteiger partial charge in [-0.15, -0.1) is 0 Å². The van der Waals surface area contributed by atoms with Crippen molar-refractivity contribution in [3.63, 3.8) is 0 Å². The highest BCUT2D eigenvalue weighted by Crippen LogP contribution is 2.36. The van der Waals surface area contributed by atoms with Crippen LogP contribution in [0.3, 0.4) is 0 Å². The van der Waals surface area contributed by atoms with Gasteiger partial charge in [0.15, 0.2) is 0 Å². The number of rotatable bonds is 2. The Morgan fingerprint density at radius 2 is 1.88 bits per heavy atom. The lowest BCUT2D eigenvalue weighted by atomic mass is 9.92. The van der Waals surface area contributed by atoms with E-state index in [1.165, 1.54) is 0 Å². The number of oxazole rings is 1. The van der Waals surface area contributed by atoms with Crippen LogP contribution in [0.2, 0.25) is 5.02 Å². The second-order valence-corrected chi connectivity index (χ2v) is 6.53. The first-order valence-electron chi connectivity index (χ1n) is 8.05. The van der Waals surface area contributed by atoms with Gasteiger partial charge in [-0.2, -0.15) is 0 Å². The smallest absolute Gasteiger partial charge is 0.291 e. The number of fused-ring (bicyclic) bond motifs is 1. The van der Waals surface area contributed by atoms with E-state index in [1.54, 1.807) is 24.3 Å². The van der Waals surface area contributed by atoms with Gasteiger partial charge in [0.25, 0.3) is 5.91 Å². The zero-order valence-electron chi connectivity index (χ0n) is 13.6. The van der Waals surface area contributed by atoms with E-state index in [0.29, 0.717) is 28.9 Å². The van der Waals surface area contributed by atoms with Crippen molar-refractivity contribution in [3.8, 4) is 11.5 Å². The minimum Gasteiger partial charge on any atom is -0.431 e. The van der Waals surface area contributed by atoms with Crippen LogP contribution in [0.5, 0.6) is 0 Å². The zero-order chi connectivity index (χ0) is 17.4. The first-order valence-corrected chi connectivity index (χ1v) is 8.43. The Labute approximate surface area is 150 Å². The summed E-state index contributed by atoms with van der Waals surface area (Å²) in [5.74, 6) is 0.599. The second kappa shape index (κ2) is 6.33. The van der Waals surface area contributed by atoms with Crippen LogP contribution in [0.15, 0.2) is 53.2 Å². The average Bonchev–Trinajstić information content (AvgIpc) is 3.04. The number of hydrogen-bond donors (Lipinski definition) is 0. The Morgan fingerprint density at radius 1 is 1.16 bits per heavy atom. The molecule has 0 saturated heterocycles. The number of hydrogen-bond acceptors (Lipinski definition) is 4. The van der Waals surface area contributed by atoms with Gasteiger partial charge in [-0.05, 0) is 36.2 Å². The van der Waals surface area contributed by atoms with Gasteiger partial charge in [-0.25, -0.2) is 4.98 Å². The number of pyridine rings is 1. The van der Waals surface area contributed by atoms with E-state index < -0.39 is 0 Å². The van der Waals surface area contributed by atoms with Crippen LogP contribution in [0.25, 0.3) is 11.5 Å². The number of amides is 1. The average molecular weight is 354 g/mol. The summed E-state index contributed by atoms with van der Waals surface area (Å²) in [6.07, 6.45) is 4.13.